The van der Waals surface area contributed by atoms with E-state index < -0.39 is 0 Å². The molecule has 0 atom stereocenters. The molecule has 0 bridgehead atoms. The van der Waals surface area contributed by atoms with E-state index >= 15 is 0 Å². The summed E-state index contributed by atoms with van der Waals surface area (Å²) >= 11 is 0. The van der Waals surface area contributed by atoms with Crippen LogP contribution < -0.4 is 0 Å². The van der Waals surface area contributed by atoms with Crippen molar-refractivity contribution in [2.75, 3.05) is 26.2 Å². The van der Waals surface area contributed by atoms with Crippen molar-refractivity contribution < 1.29 is 14.0 Å². The summed E-state index contributed by atoms with van der Waals surface area (Å²) in [5.74, 6) is -0.477. The maximum absolute atomic E-state index is 13.0. The minimum Gasteiger partial charge on any atom is -0.339 e. The van der Waals surface area contributed by atoms with Gasteiger partial charge in [-0.15, -0.1) is 5.10 Å². The zero-order chi connectivity index (χ0) is 20.2. The average molecular weight is 394 g/mol. The van der Waals surface area contributed by atoms with Crippen LogP contribution in [0.3, 0.4) is 0 Å². The number of hydrogen-bond donors (Lipinski definition) is 0. The summed E-state index contributed by atoms with van der Waals surface area (Å²) < 4.78 is 14.5. The van der Waals surface area contributed by atoms with Crippen LogP contribution in [0.1, 0.15) is 15.9 Å². The molecule has 148 valence electrons. The fourth-order valence-corrected chi connectivity index (χ4v) is 3.34. The van der Waals surface area contributed by atoms with Gasteiger partial charge in [-0.05, 0) is 40.3 Å². The number of hydrogen-bond acceptors (Lipinski definition) is 5. The van der Waals surface area contributed by atoms with Crippen LogP contribution in [-0.2, 0) is 11.2 Å². The van der Waals surface area contributed by atoms with Gasteiger partial charge in [0.15, 0.2) is 0 Å². The number of carbonyl (C=O) groups excluding carboxylic acids is 2. The Morgan fingerprint density at radius 2 is 1.62 bits per heavy atom. The normalized spacial score (nSPS) is 14.1. The van der Waals surface area contributed by atoms with Gasteiger partial charge in [-0.25, -0.2) is 4.39 Å². The van der Waals surface area contributed by atoms with Crippen LogP contribution in [-0.4, -0.2) is 68.0 Å². The van der Waals surface area contributed by atoms with Gasteiger partial charge in [-0.3, -0.25) is 9.59 Å². The number of rotatable bonds is 4. The first-order chi connectivity index (χ1) is 14.1. The highest BCUT2D eigenvalue weighted by Gasteiger charge is 2.26. The van der Waals surface area contributed by atoms with Crippen molar-refractivity contribution in [1.82, 2.24) is 30.0 Å². The lowest BCUT2D eigenvalue weighted by Crippen LogP contribution is -2.51. The lowest BCUT2D eigenvalue weighted by Gasteiger charge is -2.35. The van der Waals surface area contributed by atoms with E-state index in [1.165, 1.54) is 23.1 Å². The van der Waals surface area contributed by atoms with Crippen molar-refractivity contribution >= 4 is 11.8 Å². The Hall–Kier alpha value is -3.62. The summed E-state index contributed by atoms with van der Waals surface area (Å²) in [5.41, 5.74) is 1.88. The summed E-state index contributed by atoms with van der Waals surface area (Å²) in [6.07, 6.45) is 1.66. The zero-order valence-corrected chi connectivity index (χ0v) is 15.6. The molecule has 0 saturated carbocycles. The molecule has 2 amide bonds. The molecule has 1 fully saturated rings. The van der Waals surface area contributed by atoms with Crippen LogP contribution in [0.25, 0.3) is 5.69 Å². The number of halogens is 1. The first-order valence-electron chi connectivity index (χ1n) is 9.26. The second-order valence-electron chi connectivity index (χ2n) is 6.75. The van der Waals surface area contributed by atoms with Crippen molar-refractivity contribution in [3.63, 3.8) is 0 Å². The predicted molar refractivity (Wildman–Crippen MR) is 102 cm³/mol. The van der Waals surface area contributed by atoms with E-state index in [1.807, 2.05) is 6.07 Å². The number of para-hydroxylation sites is 1. The Morgan fingerprint density at radius 1 is 0.931 bits per heavy atom. The molecule has 3 aromatic rings. The number of nitrogens with zero attached hydrogens (tertiary/aromatic N) is 6. The van der Waals surface area contributed by atoms with Gasteiger partial charge in [-0.1, -0.05) is 24.3 Å². The molecule has 1 aliphatic rings. The van der Waals surface area contributed by atoms with Crippen LogP contribution in [0.5, 0.6) is 0 Å². The third-order valence-corrected chi connectivity index (χ3v) is 4.92. The SMILES string of the molecule is O=C(Cc1ccc(F)cc1)N1CCN(C(=O)c2ccccc2-n2cnnn2)CC1. The van der Waals surface area contributed by atoms with Gasteiger partial charge in [0.05, 0.1) is 17.7 Å². The standard InChI is InChI=1S/C20H19FN6O2/c21-16-7-5-15(6-8-16)13-19(28)25-9-11-26(12-10-25)20(29)17-3-1-2-4-18(17)27-14-22-23-24-27/h1-8,14H,9-13H2. The van der Waals surface area contributed by atoms with Gasteiger partial charge in [-0.2, -0.15) is 4.68 Å². The number of carbonyl (C=O) groups is 2. The van der Waals surface area contributed by atoms with Crippen LogP contribution in [0.2, 0.25) is 0 Å². The molecule has 0 aliphatic carbocycles. The number of benzene rings is 2. The molecule has 4 rings (SSSR count). The highest BCUT2D eigenvalue weighted by Crippen LogP contribution is 2.17. The third kappa shape index (κ3) is 4.13. The fourth-order valence-electron chi connectivity index (χ4n) is 3.34. The molecule has 0 radical (unpaired) electrons. The largest absolute Gasteiger partial charge is 0.339 e. The Bertz CT molecular complexity index is 998. The van der Waals surface area contributed by atoms with Crippen LogP contribution in [0, 0.1) is 5.82 Å². The van der Waals surface area contributed by atoms with E-state index in [-0.39, 0.29) is 24.1 Å². The van der Waals surface area contributed by atoms with Crippen molar-refractivity contribution in [1.29, 1.82) is 0 Å². The highest BCUT2D eigenvalue weighted by atomic mass is 19.1. The van der Waals surface area contributed by atoms with E-state index in [9.17, 15) is 14.0 Å². The third-order valence-electron chi connectivity index (χ3n) is 4.92. The van der Waals surface area contributed by atoms with Crippen LogP contribution in [0.15, 0.2) is 54.9 Å². The minimum absolute atomic E-state index is 0.0298. The van der Waals surface area contributed by atoms with Crippen LogP contribution in [0.4, 0.5) is 4.39 Å². The van der Waals surface area contributed by atoms with Gasteiger partial charge < -0.3 is 9.80 Å². The summed E-state index contributed by atoms with van der Waals surface area (Å²) in [4.78, 5) is 29.0. The second kappa shape index (κ2) is 8.17. The predicted octanol–water partition coefficient (Wildman–Crippen LogP) is 1.33. The van der Waals surface area contributed by atoms with Crippen molar-refractivity contribution in [3.8, 4) is 5.69 Å². The fraction of sp³-hybridized carbons (Fsp3) is 0.250. The molecular formula is C20H19FN6O2. The maximum atomic E-state index is 13.0. The Kier molecular flexibility index (Phi) is 5.28. The van der Waals surface area contributed by atoms with Gasteiger partial charge in [0, 0.05) is 26.2 Å². The number of tetrazole rings is 1. The smallest absolute Gasteiger partial charge is 0.256 e. The van der Waals surface area contributed by atoms with Gasteiger partial charge >= 0.3 is 0 Å². The first-order valence-corrected chi connectivity index (χ1v) is 9.26. The highest BCUT2D eigenvalue weighted by molar-refractivity contribution is 5.98. The molecule has 2 aromatic carbocycles. The molecule has 29 heavy (non-hydrogen) atoms. The van der Waals surface area contributed by atoms with E-state index in [4.69, 9.17) is 0 Å². The van der Waals surface area contributed by atoms with E-state index in [2.05, 4.69) is 15.5 Å². The Morgan fingerprint density at radius 3 is 2.31 bits per heavy atom. The van der Waals surface area contributed by atoms with Gasteiger partial charge in [0.2, 0.25) is 5.91 Å². The summed E-state index contributed by atoms with van der Waals surface area (Å²) in [5, 5.41) is 11.1. The van der Waals surface area contributed by atoms with Crippen molar-refractivity contribution in [2.24, 2.45) is 0 Å². The van der Waals surface area contributed by atoms with Crippen LogP contribution >= 0.6 is 0 Å². The number of piperazine rings is 1. The maximum Gasteiger partial charge on any atom is 0.256 e. The molecule has 9 heteroatoms. The molecule has 0 unspecified atom stereocenters. The van der Waals surface area contributed by atoms with Gasteiger partial charge in [0.25, 0.3) is 5.91 Å². The topological polar surface area (TPSA) is 84.2 Å². The quantitative estimate of drug-likeness (QED) is 0.667. The van der Waals surface area contributed by atoms with E-state index in [0.29, 0.717) is 37.4 Å². The molecule has 0 spiro atoms. The Labute approximate surface area is 166 Å². The van der Waals surface area contributed by atoms with Crippen molar-refractivity contribution in [3.05, 3.63) is 71.8 Å². The average Bonchev–Trinajstić information content (AvgIpc) is 3.30. The monoisotopic (exact) mass is 394 g/mol. The van der Waals surface area contributed by atoms with E-state index in [0.717, 1.165) is 5.56 Å². The molecule has 2 heterocycles. The molecule has 1 saturated heterocycles. The summed E-state index contributed by atoms with van der Waals surface area (Å²) in [6.45, 7) is 1.80. The minimum atomic E-state index is -0.324. The lowest BCUT2D eigenvalue weighted by molar-refractivity contribution is -0.131. The summed E-state index contributed by atoms with van der Waals surface area (Å²) in [6, 6.07) is 13.1. The summed E-state index contributed by atoms with van der Waals surface area (Å²) in [7, 11) is 0. The second-order valence-corrected chi connectivity index (χ2v) is 6.75. The van der Waals surface area contributed by atoms with E-state index in [1.54, 1.807) is 40.1 Å². The lowest BCUT2D eigenvalue weighted by atomic mass is 10.1. The van der Waals surface area contributed by atoms with Crippen molar-refractivity contribution in [2.45, 2.75) is 6.42 Å². The first kappa shape index (κ1) is 18.7. The number of aromatic nitrogens is 4. The molecule has 0 N–H and O–H groups in total. The molecular weight excluding hydrogens is 375 g/mol. The molecule has 1 aromatic heterocycles. The van der Waals surface area contributed by atoms with Gasteiger partial charge in [0.1, 0.15) is 12.1 Å². The zero-order valence-electron chi connectivity index (χ0n) is 15.6. The molecule has 1 aliphatic heterocycles. The molecule has 8 nitrogen and oxygen atoms in total. The number of amides is 2. The Balaban J connectivity index is 1.39.